The van der Waals surface area contributed by atoms with Crippen molar-refractivity contribution in [1.29, 1.82) is 0 Å². The Bertz CT molecular complexity index is 1360. The summed E-state index contributed by atoms with van der Waals surface area (Å²) in [5, 5.41) is 2.76. The summed E-state index contributed by atoms with van der Waals surface area (Å²) >= 11 is 0. The molecule has 0 atom stereocenters. The van der Waals surface area contributed by atoms with Crippen molar-refractivity contribution in [1.82, 2.24) is 9.97 Å². The largest absolute Gasteiger partial charge is 0.424 e. The van der Waals surface area contributed by atoms with E-state index in [1.165, 1.54) is 24.3 Å². The van der Waals surface area contributed by atoms with Crippen LogP contribution < -0.4 is 14.8 Å². The summed E-state index contributed by atoms with van der Waals surface area (Å²) in [5.74, 6) is 0.154. The van der Waals surface area contributed by atoms with E-state index in [4.69, 9.17) is 4.74 Å². The number of para-hydroxylation sites is 1. The highest BCUT2D eigenvalue weighted by Crippen LogP contribution is 2.22. The predicted molar refractivity (Wildman–Crippen MR) is 125 cm³/mol. The molecule has 0 fully saturated rings. The van der Waals surface area contributed by atoms with Crippen molar-refractivity contribution in [3.8, 4) is 11.8 Å². The maximum absolute atomic E-state index is 12.7. The standard InChI is InChI=1S/C24H20N4O4S/c1-17-5-2-3-6-22(17)28-33(30,31)21-13-7-18(8-14-21)23(29)27-19-9-11-20(12-10-19)32-24-25-15-4-16-26-24/h2-16,28H,1H3,(H,27,29). The van der Waals surface area contributed by atoms with Gasteiger partial charge in [-0.25, -0.2) is 18.4 Å². The number of anilines is 2. The van der Waals surface area contributed by atoms with Gasteiger partial charge in [0.2, 0.25) is 0 Å². The van der Waals surface area contributed by atoms with Gasteiger partial charge in [0.25, 0.3) is 15.9 Å². The summed E-state index contributed by atoms with van der Waals surface area (Å²) in [7, 11) is -3.77. The van der Waals surface area contributed by atoms with E-state index in [0.717, 1.165) is 5.56 Å². The van der Waals surface area contributed by atoms with Gasteiger partial charge >= 0.3 is 6.01 Å². The van der Waals surface area contributed by atoms with Crippen molar-refractivity contribution in [2.75, 3.05) is 10.0 Å². The zero-order chi connectivity index (χ0) is 23.3. The Morgan fingerprint density at radius 3 is 2.18 bits per heavy atom. The van der Waals surface area contributed by atoms with Crippen LogP contribution in [-0.2, 0) is 10.0 Å². The van der Waals surface area contributed by atoms with Crippen molar-refractivity contribution >= 4 is 27.3 Å². The molecule has 3 aromatic carbocycles. The summed E-state index contributed by atoms with van der Waals surface area (Å²) in [6, 6.07) is 21.5. The molecule has 1 aromatic heterocycles. The molecular formula is C24H20N4O4S. The molecule has 8 nitrogen and oxygen atoms in total. The minimum atomic E-state index is -3.77. The number of hydrogen-bond acceptors (Lipinski definition) is 6. The molecular weight excluding hydrogens is 440 g/mol. The monoisotopic (exact) mass is 460 g/mol. The van der Waals surface area contributed by atoms with Gasteiger partial charge in [-0.05, 0) is 73.2 Å². The zero-order valence-electron chi connectivity index (χ0n) is 17.6. The van der Waals surface area contributed by atoms with Crippen molar-refractivity contribution in [3.05, 3.63) is 102 Å². The summed E-state index contributed by atoms with van der Waals surface area (Å²) in [4.78, 5) is 20.6. The lowest BCUT2D eigenvalue weighted by molar-refractivity contribution is 0.102. The predicted octanol–water partition coefficient (Wildman–Crippen LogP) is 4.63. The summed E-state index contributed by atoms with van der Waals surface area (Å²) in [5.41, 5.74) is 2.19. The summed E-state index contributed by atoms with van der Waals surface area (Å²) < 4.78 is 33.4. The Kier molecular flexibility index (Phi) is 6.32. The van der Waals surface area contributed by atoms with Crippen molar-refractivity contribution in [2.45, 2.75) is 11.8 Å². The lowest BCUT2D eigenvalue weighted by Gasteiger charge is -2.11. The number of ether oxygens (including phenoxy) is 1. The number of hydrogen-bond donors (Lipinski definition) is 2. The van der Waals surface area contributed by atoms with Gasteiger partial charge in [0.05, 0.1) is 10.6 Å². The molecule has 33 heavy (non-hydrogen) atoms. The van der Waals surface area contributed by atoms with Crippen LogP contribution in [-0.4, -0.2) is 24.3 Å². The van der Waals surface area contributed by atoms with Gasteiger partial charge in [-0.3, -0.25) is 9.52 Å². The fourth-order valence-corrected chi connectivity index (χ4v) is 4.06. The second-order valence-electron chi connectivity index (χ2n) is 7.06. The lowest BCUT2D eigenvalue weighted by Crippen LogP contribution is -2.15. The van der Waals surface area contributed by atoms with Crippen LogP contribution in [0.15, 0.2) is 96.2 Å². The molecule has 9 heteroatoms. The molecule has 0 saturated heterocycles. The van der Waals surface area contributed by atoms with E-state index in [0.29, 0.717) is 22.7 Å². The van der Waals surface area contributed by atoms with Crippen LogP contribution in [0.3, 0.4) is 0 Å². The van der Waals surface area contributed by atoms with E-state index in [2.05, 4.69) is 20.0 Å². The molecule has 166 valence electrons. The van der Waals surface area contributed by atoms with Crippen LogP contribution in [0.1, 0.15) is 15.9 Å². The van der Waals surface area contributed by atoms with Crippen LogP contribution in [0.2, 0.25) is 0 Å². The number of rotatable bonds is 7. The molecule has 1 heterocycles. The smallest absolute Gasteiger partial charge is 0.321 e. The van der Waals surface area contributed by atoms with Gasteiger partial charge in [-0.15, -0.1) is 0 Å². The maximum Gasteiger partial charge on any atom is 0.321 e. The second-order valence-corrected chi connectivity index (χ2v) is 8.74. The molecule has 0 aliphatic carbocycles. The lowest BCUT2D eigenvalue weighted by atomic mass is 10.2. The second kappa shape index (κ2) is 9.49. The van der Waals surface area contributed by atoms with Crippen LogP contribution >= 0.6 is 0 Å². The molecule has 0 unspecified atom stereocenters. The molecule has 4 aromatic rings. The van der Waals surface area contributed by atoms with E-state index in [1.54, 1.807) is 54.9 Å². The number of aromatic nitrogens is 2. The summed E-state index contributed by atoms with van der Waals surface area (Å²) in [6.45, 7) is 1.82. The third kappa shape index (κ3) is 5.52. The van der Waals surface area contributed by atoms with Crippen molar-refractivity contribution in [3.63, 3.8) is 0 Å². The minimum Gasteiger partial charge on any atom is -0.424 e. The summed E-state index contributed by atoms with van der Waals surface area (Å²) in [6.07, 6.45) is 3.15. The number of benzene rings is 3. The van der Waals surface area contributed by atoms with Crippen LogP contribution in [0.5, 0.6) is 11.8 Å². The highest BCUT2D eigenvalue weighted by molar-refractivity contribution is 7.92. The number of nitrogens with zero attached hydrogens (tertiary/aromatic N) is 2. The van der Waals surface area contributed by atoms with E-state index in [-0.39, 0.29) is 16.8 Å². The molecule has 4 rings (SSSR count). The fraction of sp³-hybridized carbons (Fsp3) is 0.0417. The van der Waals surface area contributed by atoms with Crippen molar-refractivity contribution in [2.24, 2.45) is 0 Å². The fourth-order valence-electron chi connectivity index (χ4n) is 2.93. The first-order valence-corrected chi connectivity index (χ1v) is 11.4. The van der Waals surface area contributed by atoms with Gasteiger partial charge in [-0.1, -0.05) is 18.2 Å². The van der Waals surface area contributed by atoms with Gasteiger partial charge in [0, 0.05) is 23.6 Å². The van der Waals surface area contributed by atoms with Gasteiger partial charge < -0.3 is 10.1 Å². The average Bonchev–Trinajstić information content (AvgIpc) is 2.82. The third-order valence-corrected chi connectivity index (χ3v) is 6.06. The Hall–Kier alpha value is -4.24. The minimum absolute atomic E-state index is 0.0620. The van der Waals surface area contributed by atoms with E-state index < -0.39 is 10.0 Å². The maximum atomic E-state index is 12.7. The normalized spacial score (nSPS) is 10.9. The number of carbonyl (C=O) groups excluding carboxylic acids is 1. The zero-order valence-corrected chi connectivity index (χ0v) is 18.4. The van der Waals surface area contributed by atoms with E-state index >= 15 is 0 Å². The molecule has 0 spiro atoms. The Balaban J connectivity index is 1.40. The Morgan fingerprint density at radius 2 is 1.52 bits per heavy atom. The molecule has 0 radical (unpaired) electrons. The molecule has 2 N–H and O–H groups in total. The van der Waals surface area contributed by atoms with Gasteiger partial charge in [0.1, 0.15) is 5.75 Å². The number of sulfonamides is 1. The molecule has 0 bridgehead atoms. The number of amides is 1. The van der Waals surface area contributed by atoms with Crippen molar-refractivity contribution < 1.29 is 17.9 Å². The third-order valence-electron chi connectivity index (χ3n) is 4.68. The van der Waals surface area contributed by atoms with Gasteiger partial charge in [0.15, 0.2) is 0 Å². The Morgan fingerprint density at radius 1 is 0.848 bits per heavy atom. The molecule has 0 saturated carbocycles. The Labute approximate surface area is 191 Å². The highest BCUT2D eigenvalue weighted by atomic mass is 32.2. The van der Waals surface area contributed by atoms with E-state index in [9.17, 15) is 13.2 Å². The first-order valence-electron chi connectivity index (χ1n) is 9.95. The molecule has 1 amide bonds. The van der Waals surface area contributed by atoms with Crippen LogP contribution in [0.4, 0.5) is 11.4 Å². The topological polar surface area (TPSA) is 110 Å². The molecule has 0 aliphatic heterocycles. The quantitative estimate of drug-likeness (QED) is 0.416. The molecule has 0 aliphatic rings. The first-order chi connectivity index (χ1) is 15.9. The number of carbonyl (C=O) groups is 1. The van der Waals surface area contributed by atoms with E-state index in [1.807, 2.05) is 19.1 Å². The SMILES string of the molecule is Cc1ccccc1NS(=O)(=O)c1ccc(C(=O)Nc2ccc(Oc3ncccn3)cc2)cc1. The first kappa shape index (κ1) is 22.0. The van der Waals surface area contributed by atoms with Crippen LogP contribution in [0, 0.1) is 6.92 Å². The van der Waals surface area contributed by atoms with Gasteiger partial charge in [-0.2, -0.15) is 0 Å². The average molecular weight is 461 g/mol. The van der Waals surface area contributed by atoms with Crippen LogP contribution in [0.25, 0.3) is 0 Å². The number of nitrogens with one attached hydrogen (secondary N) is 2. The number of aryl methyl sites for hydroxylation is 1. The highest BCUT2D eigenvalue weighted by Gasteiger charge is 2.16.